The predicted octanol–water partition coefficient (Wildman–Crippen LogP) is 4.33. The molecule has 0 saturated carbocycles. The fourth-order valence-electron chi connectivity index (χ4n) is 1.69. The highest BCUT2D eigenvalue weighted by molar-refractivity contribution is 14.0. The average molecular weight is 415 g/mol. The van der Waals surface area contributed by atoms with Crippen molar-refractivity contribution < 1.29 is 13.2 Å². The van der Waals surface area contributed by atoms with Crippen LogP contribution >= 0.6 is 24.0 Å². The van der Waals surface area contributed by atoms with E-state index < -0.39 is 12.6 Å². The molecule has 0 heterocycles. The first-order valence-electron chi connectivity index (χ1n) is 6.63. The maximum absolute atomic E-state index is 11.9. The summed E-state index contributed by atoms with van der Waals surface area (Å²) in [6.45, 7) is 2.35. The molecule has 1 aromatic carbocycles. The molecule has 0 bridgehead atoms. The van der Waals surface area contributed by atoms with Crippen LogP contribution in [-0.2, 0) is 6.42 Å². The average Bonchev–Trinajstić information content (AvgIpc) is 2.37. The highest BCUT2D eigenvalue weighted by Gasteiger charge is 2.25. The van der Waals surface area contributed by atoms with Crippen molar-refractivity contribution in [2.45, 2.75) is 38.8 Å². The van der Waals surface area contributed by atoms with Gasteiger partial charge in [0.1, 0.15) is 0 Å². The van der Waals surface area contributed by atoms with Gasteiger partial charge < -0.3 is 11.1 Å². The Morgan fingerprint density at radius 2 is 2.00 bits per heavy atom. The molecule has 0 unspecified atom stereocenters. The Hall–Kier alpha value is -0.990. The Balaban J connectivity index is 0.00000400. The molecule has 1 aromatic rings. The number of alkyl halides is 3. The number of guanidine groups is 1. The smallest absolute Gasteiger partial charge is 0.370 e. The SMILES string of the molecule is CCc1cccc(NC(N)=NCCCCC(F)(F)F)c1.I. The summed E-state index contributed by atoms with van der Waals surface area (Å²) >= 11 is 0. The van der Waals surface area contributed by atoms with Crippen LogP contribution in [0.25, 0.3) is 0 Å². The molecule has 3 N–H and O–H groups in total. The number of unbranched alkanes of at least 4 members (excludes halogenated alkanes) is 1. The third-order valence-corrected chi connectivity index (χ3v) is 2.76. The highest BCUT2D eigenvalue weighted by Crippen LogP contribution is 2.22. The number of aryl methyl sites for hydroxylation is 1. The van der Waals surface area contributed by atoms with Gasteiger partial charge in [-0.15, -0.1) is 24.0 Å². The van der Waals surface area contributed by atoms with Crippen LogP contribution in [0.15, 0.2) is 29.3 Å². The molecule has 21 heavy (non-hydrogen) atoms. The van der Waals surface area contributed by atoms with Gasteiger partial charge >= 0.3 is 6.18 Å². The molecule has 120 valence electrons. The second kappa shape index (κ2) is 9.86. The molecule has 0 atom stereocenters. The highest BCUT2D eigenvalue weighted by atomic mass is 127. The van der Waals surface area contributed by atoms with Crippen molar-refractivity contribution in [1.29, 1.82) is 0 Å². The number of nitrogens with zero attached hydrogens (tertiary/aromatic N) is 1. The molecule has 3 nitrogen and oxygen atoms in total. The number of rotatable bonds is 6. The van der Waals surface area contributed by atoms with Crippen molar-refractivity contribution >= 4 is 35.6 Å². The van der Waals surface area contributed by atoms with Crippen LogP contribution in [0.4, 0.5) is 18.9 Å². The lowest BCUT2D eigenvalue weighted by Crippen LogP contribution is -2.23. The van der Waals surface area contributed by atoms with Crippen LogP contribution in [0.5, 0.6) is 0 Å². The van der Waals surface area contributed by atoms with E-state index in [0.29, 0.717) is 13.0 Å². The molecule has 0 aliphatic heterocycles. The molecule has 0 saturated heterocycles. The summed E-state index contributed by atoms with van der Waals surface area (Å²) in [7, 11) is 0. The minimum absolute atomic E-state index is 0. The molecular formula is C14H21F3IN3. The van der Waals surface area contributed by atoms with E-state index in [-0.39, 0.29) is 36.4 Å². The third kappa shape index (κ3) is 9.54. The minimum atomic E-state index is -4.09. The summed E-state index contributed by atoms with van der Waals surface area (Å²) in [5, 5.41) is 2.93. The summed E-state index contributed by atoms with van der Waals surface area (Å²) in [5.74, 6) is 0.227. The minimum Gasteiger partial charge on any atom is -0.370 e. The maximum Gasteiger partial charge on any atom is 0.389 e. The Labute approximate surface area is 140 Å². The molecule has 0 aliphatic carbocycles. The predicted molar refractivity (Wildman–Crippen MR) is 91.3 cm³/mol. The van der Waals surface area contributed by atoms with Crippen molar-refractivity contribution in [2.75, 3.05) is 11.9 Å². The molecule has 0 fully saturated rings. The molecule has 0 amide bonds. The number of halogens is 4. The van der Waals surface area contributed by atoms with Gasteiger partial charge in [-0.3, -0.25) is 4.99 Å². The number of hydrogen-bond acceptors (Lipinski definition) is 1. The van der Waals surface area contributed by atoms with Gasteiger partial charge in [-0.05, 0) is 37.0 Å². The number of benzene rings is 1. The topological polar surface area (TPSA) is 50.4 Å². The van der Waals surface area contributed by atoms with Crippen LogP contribution in [-0.4, -0.2) is 18.7 Å². The van der Waals surface area contributed by atoms with Gasteiger partial charge in [0.05, 0.1) is 0 Å². The van der Waals surface area contributed by atoms with Crippen molar-refractivity contribution in [2.24, 2.45) is 10.7 Å². The van der Waals surface area contributed by atoms with Gasteiger partial charge in [0.2, 0.25) is 0 Å². The molecule has 7 heteroatoms. The lowest BCUT2D eigenvalue weighted by molar-refractivity contribution is -0.135. The molecule has 1 rings (SSSR count). The molecular weight excluding hydrogens is 394 g/mol. The second-order valence-corrected chi connectivity index (χ2v) is 4.52. The van der Waals surface area contributed by atoms with Gasteiger partial charge in [-0.2, -0.15) is 13.2 Å². The van der Waals surface area contributed by atoms with Crippen molar-refractivity contribution in [1.82, 2.24) is 0 Å². The van der Waals surface area contributed by atoms with Crippen LogP contribution < -0.4 is 11.1 Å². The van der Waals surface area contributed by atoms with Crippen molar-refractivity contribution in [3.05, 3.63) is 29.8 Å². The first-order chi connectivity index (χ1) is 9.40. The fraction of sp³-hybridized carbons (Fsp3) is 0.500. The Bertz CT molecular complexity index is 447. The number of nitrogens with two attached hydrogens (primary N) is 1. The molecule has 0 radical (unpaired) electrons. The summed E-state index contributed by atoms with van der Waals surface area (Å²) in [5.41, 5.74) is 7.69. The van der Waals surface area contributed by atoms with Gasteiger partial charge in [-0.25, -0.2) is 0 Å². The standard InChI is InChI=1S/C14H20F3N3.HI/c1-2-11-6-5-7-12(10-11)20-13(18)19-9-4-3-8-14(15,16)17;/h5-7,10H,2-4,8-9H2,1H3,(H3,18,19,20);1H. The zero-order chi connectivity index (χ0) is 15.0. The zero-order valence-electron chi connectivity index (χ0n) is 11.9. The van der Waals surface area contributed by atoms with Crippen LogP contribution in [0.1, 0.15) is 31.7 Å². The quantitative estimate of drug-likeness (QED) is 0.315. The van der Waals surface area contributed by atoms with E-state index in [1.54, 1.807) is 0 Å². The normalized spacial score (nSPS) is 11.9. The molecule has 0 spiro atoms. The summed E-state index contributed by atoms with van der Waals surface area (Å²) < 4.78 is 35.8. The van der Waals surface area contributed by atoms with E-state index in [4.69, 9.17) is 5.73 Å². The van der Waals surface area contributed by atoms with E-state index in [0.717, 1.165) is 12.1 Å². The van der Waals surface area contributed by atoms with E-state index in [2.05, 4.69) is 17.2 Å². The monoisotopic (exact) mass is 415 g/mol. The largest absolute Gasteiger partial charge is 0.389 e. The van der Waals surface area contributed by atoms with Gasteiger partial charge in [0, 0.05) is 18.7 Å². The molecule has 0 aromatic heterocycles. The first-order valence-corrected chi connectivity index (χ1v) is 6.63. The van der Waals surface area contributed by atoms with E-state index in [9.17, 15) is 13.2 Å². The summed E-state index contributed by atoms with van der Waals surface area (Å²) in [4.78, 5) is 4.01. The molecule has 0 aliphatic rings. The lowest BCUT2D eigenvalue weighted by Gasteiger charge is -2.07. The Morgan fingerprint density at radius 3 is 2.62 bits per heavy atom. The first kappa shape index (κ1) is 20.0. The Kier molecular flexibility index (Phi) is 9.39. The third-order valence-electron chi connectivity index (χ3n) is 2.76. The number of nitrogens with one attached hydrogen (secondary N) is 1. The van der Waals surface area contributed by atoms with E-state index in [1.165, 1.54) is 5.56 Å². The van der Waals surface area contributed by atoms with Gasteiger partial charge in [0.25, 0.3) is 0 Å². The van der Waals surface area contributed by atoms with Crippen LogP contribution in [0.2, 0.25) is 0 Å². The number of hydrogen-bond donors (Lipinski definition) is 2. The van der Waals surface area contributed by atoms with Crippen LogP contribution in [0.3, 0.4) is 0 Å². The van der Waals surface area contributed by atoms with Gasteiger partial charge in [0.15, 0.2) is 5.96 Å². The van der Waals surface area contributed by atoms with Gasteiger partial charge in [-0.1, -0.05) is 19.1 Å². The zero-order valence-corrected chi connectivity index (χ0v) is 14.2. The van der Waals surface area contributed by atoms with Crippen molar-refractivity contribution in [3.8, 4) is 0 Å². The Morgan fingerprint density at radius 1 is 1.29 bits per heavy atom. The van der Waals surface area contributed by atoms with Crippen molar-refractivity contribution in [3.63, 3.8) is 0 Å². The summed E-state index contributed by atoms with van der Waals surface area (Å²) in [6, 6.07) is 7.75. The summed E-state index contributed by atoms with van der Waals surface area (Å²) in [6.07, 6.45) is -3.49. The van der Waals surface area contributed by atoms with E-state index >= 15 is 0 Å². The second-order valence-electron chi connectivity index (χ2n) is 4.52. The van der Waals surface area contributed by atoms with Crippen LogP contribution in [0, 0.1) is 0 Å². The lowest BCUT2D eigenvalue weighted by atomic mass is 10.1. The number of aliphatic imine (C=N–C) groups is 1. The fourth-order valence-corrected chi connectivity index (χ4v) is 1.69. The number of anilines is 1. The maximum atomic E-state index is 11.9. The van der Waals surface area contributed by atoms with E-state index in [1.807, 2.05) is 24.3 Å².